The first-order valence-electron chi connectivity index (χ1n) is 8.95. The molecule has 0 spiro atoms. The van der Waals surface area contributed by atoms with Crippen molar-refractivity contribution in [3.63, 3.8) is 0 Å². The van der Waals surface area contributed by atoms with E-state index in [2.05, 4.69) is 40.1 Å². The molecule has 0 atom stereocenters. The third-order valence-electron chi connectivity index (χ3n) is 5.21. The minimum atomic E-state index is -0.958. The van der Waals surface area contributed by atoms with E-state index in [1.807, 2.05) is 6.07 Å². The molecule has 2 aromatic carbocycles. The summed E-state index contributed by atoms with van der Waals surface area (Å²) >= 11 is 0. The molecular weight excluding hydrogens is 326 g/mol. The van der Waals surface area contributed by atoms with Gasteiger partial charge in [0.25, 0.3) is 0 Å². The Morgan fingerprint density at radius 1 is 1.12 bits per heavy atom. The van der Waals surface area contributed by atoms with Crippen LogP contribution in [-0.4, -0.2) is 34.1 Å². The molecule has 5 heteroatoms. The molecule has 0 saturated heterocycles. The van der Waals surface area contributed by atoms with Gasteiger partial charge in [-0.3, -0.25) is 4.98 Å². The number of carboxylic acids is 1. The highest BCUT2D eigenvalue weighted by atomic mass is 16.4. The molecule has 1 aliphatic rings. The van der Waals surface area contributed by atoms with Gasteiger partial charge in [-0.25, -0.2) is 9.78 Å². The number of nitrogens with zero attached hydrogens (tertiary/aromatic N) is 3. The van der Waals surface area contributed by atoms with E-state index in [1.54, 1.807) is 24.4 Å². The highest BCUT2D eigenvalue weighted by Gasteiger charge is 2.20. The molecule has 0 amide bonds. The molecule has 1 N–H and O–H groups in total. The minimum Gasteiger partial charge on any atom is -0.478 e. The van der Waals surface area contributed by atoms with Crippen molar-refractivity contribution in [2.24, 2.45) is 0 Å². The van der Waals surface area contributed by atoms with Crippen molar-refractivity contribution in [2.75, 3.05) is 11.9 Å². The van der Waals surface area contributed by atoms with E-state index in [0.717, 1.165) is 11.3 Å². The lowest BCUT2D eigenvalue weighted by molar-refractivity contribution is 0.0697. The number of benzene rings is 2. The number of carbonyl (C=O) groups is 1. The zero-order valence-electron chi connectivity index (χ0n) is 14.7. The van der Waals surface area contributed by atoms with Crippen LogP contribution in [-0.2, 0) is 0 Å². The molecule has 4 rings (SSSR count). The lowest BCUT2D eigenvalue weighted by atomic mass is 10.1. The third kappa shape index (κ3) is 3.12. The molecule has 0 unspecified atom stereocenters. The molecule has 1 aliphatic carbocycles. The molecule has 1 saturated carbocycles. The van der Waals surface area contributed by atoms with Crippen molar-refractivity contribution in [3.05, 3.63) is 54.2 Å². The van der Waals surface area contributed by atoms with Crippen molar-refractivity contribution in [1.82, 2.24) is 9.97 Å². The largest absolute Gasteiger partial charge is 0.478 e. The fraction of sp³-hybridized carbons (Fsp3) is 0.286. The maximum Gasteiger partial charge on any atom is 0.335 e. The molecule has 0 aliphatic heterocycles. The van der Waals surface area contributed by atoms with E-state index in [1.165, 1.54) is 31.4 Å². The lowest BCUT2D eigenvalue weighted by Crippen LogP contribution is -2.28. The van der Waals surface area contributed by atoms with E-state index in [9.17, 15) is 4.79 Å². The average Bonchev–Trinajstić information content (AvgIpc) is 3.21. The van der Waals surface area contributed by atoms with Gasteiger partial charge in [-0.15, -0.1) is 0 Å². The number of rotatable bonds is 4. The van der Waals surface area contributed by atoms with Crippen LogP contribution < -0.4 is 4.90 Å². The van der Waals surface area contributed by atoms with Crippen LogP contribution in [0.2, 0.25) is 0 Å². The highest BCUT2D eigenvalue weighted by molar-refractivity contribution is 5.92. The summed E-state index contributed by atoms with van der Waals surface area (Å²) in [6, 6.07) is 13.8. The second-order valence-corrected chi connectivity index (χ2v) is 6.86. The van der Waals surface area contributed by atoms with Crippen LogP contribution in [0.3, 0.4) is 0 Å². The van der Waals surface area contributed by atoms with Crippen LogP contribution >= 0.6 is 0 Å². The van der Waals surface area contributed by atoms with E-state index in [4.69, 9.17) is 5.11 Å². The second-order valence-electron chi connectivity index (χ2n) is 6.86. The van der Waals surface area contributed by atoms with Gasteiger partial charge in [0.1, 0.15) is 0 Å². The average molecular weight is 347 g/mol. The van der Waals surface area contributed by atoms with Crippen molar-refractivity contribution in [2.45, 2.75) is 31.7 Å². The zero-order valence-corrected chi connectivity index (χ0v) is 14.7. The molecule has 132 valence electrons. The van der Waals surface area contributed by atoms with Gasteiger partial charge in [0.15, 0.2) is 0 Å². The van der Waals surface area contributed by atoms with Gasteiger partial charge >= 0.3 is 5.97 Å². The van der Waals surface area contributed by atoms with Crippen molar-refractivity contribution >= 4 is 22.7 Å². The number of hydrogen-bond acceptors (Lipinski definition) is 4. The van der Waals surface area contributed by atoms with E-state index >= 15 is 0 Å². The summed E-state index contributed by atoms with van der Waals surface area (Å²) in [7, 11) is 2.16. The molecular formula is C21H21N3O2. The van der Waals surface area contributed by atoms with Crippen LogP contribution in [0.15, 0.2) is 48.7 Å². The first-order valence-corrected chi connectivity index (χ1v) is 8.95. The van der Waals surface area contributed by atoms with Gasteiger partial charge in [-0.1, -0.05) is 25.0 Å². The van der Waals surface area contributed by atoms with E-state index in [-0.39, 0.29) is 5.56 Å². The Bertz CT molecular complexity index is 964. The Kier molecular flexibility index (Phi) is 4.29. The first-order chi connectivity index (χ1) is 12.6. The molecule has 3 aromatic rings. The summed E-state index contributed by atoms with van der Waals surface area (Å²) in [4.78, 5) is 22.5. The van der Waals surface area contributed by atoms with Crippen molar-refractivity contribution < 1.29 is 9.90 Å². The fourth-order valence-corrected chi connectivity index (χ4v) is 3.67. The maximum atomic E-state index is 11.1. The fourth-order valence-electron chi connectivity index (χ4n) is 3.67. The summed E-state index contributed by atoms with van der Waals surface area (Å²) in [5.74, 6) is -0.958. The number of aromatic nitrogens is 2. The maximum absolute atomic E-state index is 11.1. The molecule has 5 nitrogen and oxygen atoms in total. The van der Waals surface area contributed by atoms with Gasteiger partial charge in [-0.2, -0.15) is 0 Å². The Labute approximate surface area is 152 Å². The summed E-state index contributed by atoms with van der Waals surface area (Å²) < 4.78 is 0. The topological polar surface area (TPSA) is 66.3 Å². The molecule has 1 aromatic heterocycles. The van der Waals surface area contributed by atoms with Crippen LogP contribution in [0.4, 0.5) is 5.69 Å². The zero-order chi connectivity index (χ0) is 18.1. The van der Waals surface area contributed by atoms with Crippen molar-refractivity contribution in [1.29, 1.82) is 0 Å². The molecule has 1 heterocycles. The second kappa shape index (κ2) is 6.75. The third-order valence-corrected chi connectivity index (χ3v) is 5.21. The summed E-state index contributed by atoms with van der Waals surface area (Å²) in [5.41, 5.74) is 4.51. The number of hydrogen-bond donors (Lipinski definition) is 1. The number of carboxylic acid groups (broad SMARTS) is 1. The predicted octanol–water partition coefficient (Wildman–Crippen LogP) is 4.37. The summed E-state index contributed by atoms with van der Waals surface area (Å²) in [6.45, 7) is 0. The van der Waals surface area contributed by atoms with Gasteiger partial charge in [0.05, 0.1) is 28.5 Å². The van der Waals surface area contributed by atoms with E-state index in [0.29, 0.717) is 17.1 Å². The minimum absolute atomic E-state index is 0.222. The molecule has 0 radical (unpaired) electrons. The Morgan fingerprint density at radius 3 is 2.69 bits per heavy atom. The van der Waals surface area contributed by atoms with Crippen LogP contribution in [0.5, 0.6) is 0 Å². The number of fused-ring (bicyclic) bond motifs is 1. The van der Waals surface area contributed by atoms with Gasteiger partial charge in [-0.05, 0) is 43.2 Å². The smallest absolute Gasteiger partial charge is 0.335 e. The quantitative estimate of drug-likeness (QED) is 0.759. The standard InChI is InChI=1S/C21H21N3O2/c1-24(16-6-2-3-7-16)17-8-4-5-14(11-17)20-13-22-19-12-15(21(25)26)9-10-18(19)23-20/h4-5,8-13,16H,2-3,6-7H2,1H3,(H,25,26). The molecule has 0 bridgehead atoms. The lowest BCUT2D eigenvalue weighted by Gasteiger charge is -2.26. The van der Waals surface area contributed by atoms with Gasteiger partial charge in [0.2, 0.25) is 0 Å². The Morgan fingerprint density at radius 2 is 1.92 bits per heavy atom. The monoisotopic (exact) mass is 347 g/mol. The predicted molar refractivity (Wildman–Crippen MR) is 103 cm³/mol. The number of aromatic carboxylic acids is 1. The van der Waals surface area contributed by atoms with Crippen LogP contribution in [0.1, 0.15) is 36.0 Å². The molecule has 26 heavy (non-hydrogen) atoms. The first kappa shape index (κ1) is 16.5. The molecule has 1 fully saturated rings. The Balaban J connectivity index is 1.67. The normalized spacial score (nSPS) is 14.7. The van der Waals surface area contributed by atoms with Crippen LogP contribution in [0.25, 0.3) is 22.3 Å². The van der Waals surface area contributed by atoms with Crippen LogP contribution in [0, 0.1) is 0 Å². The summed E-state index contributed by atoms with van der Waals surface area (Å²) in [5, 5.41) is 9.10. The summed E-state index contributed by atoms with van der Waals surface area (Å²) in [6.07, 6.45) is 6.83. The van der Waals surface area contributed by atoms with Gasteiger partial charge < -0.3 is 10.0 Å². The van der Waals surface area contributed by atoms with Gasteiger partial charge in [0, 0.05) is 24.3 Å². The highest BCUT2D eigenvalue weighted by Crippen LogP contribution is 2.29. The Hall–Kier alpha value is -2.95. The SMILES string of the molecule is CN(c1cccc(-c2cnc3cc(C(=O)O)ccc3n2)c1)C1CCCC1. The van der Waals surface area contributed by atoms with Crippen molar-refractivity contribution in [3.8, 4) is 11.3 Å². The van der Waals surface area contributed by atoms with E-state index < -0.39 is 5.97 Å². The number of anilines is 1.